The van der Waals surface area contributed by atoms with Crippen molar-refractivity contribution in [3.63, 3.8) is 0 Å². The van der Waals surface area contributed by atoms with E-state index >= 15 is 0 Å². The molecular weight excluding hydrogens is 312 g/mol. The highest BCUT2D eigenvalue weighted by Gasteiger charge is 2.26. The van der Waals surface area contributed by atoms with E-state index in [1.165, 1.54) is 5.56 Å². The first-order valence-corrected chi connectivity index (χ1v) is 8.80. The Morgan fingerprint density at radius 3 is 3.22 bits per heavy atom. The van der Waals surface area contributed by atoms with E-state index in [9.17, 15) is 4.79 Å². The molecule has 3 rings (SSSR count). The van der Waals surface area contributed by atoms with Crippen molar-refractivity contribution in [2.24, 2.45) is 7.05 Å². The largest absolute Gasteiger partial charge is 0.372 e. The number of hydrogen-bond acceptors (Lipinski definition) is 4. The minimum Gasteiger partial charge on any atom is -0.372 e. The van der Waals surface area contributed by atoms with E-state index in [2.05, 4.69) is 32.4 Å². The predicted octanol–water partition coefficient (Wildman–Crippen LogP) is 2.24. The van der Waals surface area contributed by atoms with Crippen molar-refractivity contribution < 1.29 is 9.53 Å². The molecule has 2 aromatic heterocycles. The van der Waals surface area contributed by atoms with Crippen molar-refractivity contribution >= 4 is 17.4 Å². The van der Waals surface area contributed by atoms with Gasteiger partial charge in [0, 0.05) is 26.2 Å². The lowest BCUT2D eigenvalue weighted by atomic mass is 10.0. The normalized spacial score (nSPS) is 21.1. The van der Waals surface area contributed by atoms with E-state index < -0.39 is 0 Å². The molecule has 2 aromatic rings. The zero-order chi connectivity index (χ0) is 16.1. The maximum Gasteiger partial charge on any atom is 0.315 e. The molecule has 0 aromatic carbocycles. The van der Waals surface area contributed by atoms with Gasteiger partial charge in [0.25, 0.3) is 0 Å². The zero-order valence-corrected chi connectivity index (χ0v) is 14.0. The average Bonchev–Trinajstić information content (AvgIpc) is 3.19. The molecule has 0 saturated carbocycles. The summed E-state index contributed by atoms with van der Waals surface area (Å²) in [6.07, 6.45) is 6.07. The summed E-state index contributed by atoms with van der Waals surface area (Å²) >= 11 is 1.68. The smallest absolute Gasteiger partial charge is 0.315 e. The Bertz CT molecular complexity index is 626. The van der Waals surface area contributed by atoms with E-state index in [1.807, 2.05) is 17.8 Å². The first-order chi connectivity index (χ1) is 11.2. The standard InChI is InChI=1S/C16H22N4O2S/c1-20-11-17-9-14(20)15-8-13(3-6-22-15)19-16(21)18-5-2-12-4-7-23-10-12/h4,7,9-11,13,15H,2-3,5-6,8H2,1H3,(H2,18,19,21)/t13-,15-/m0/s1. The molecule has 1 aliphatic heterocycles. The van der Waals surface area contributed by atoms with Crippen LogP contribution >= 0.6 is 11.3 Å². The highest BCUT2D eigenvalue weighted by molar-refractivity contribution is 7.07. The fourth-order valence-electron chi connectivity index (χ4n) is 2.80. The van der Waals surface area contributed by atoms with Gasteiger partial charge in [0.2, 0.25) is 0 Å². The lowest BCUT2D eigenvalue weighted by Gasteiger charge is -2.30. The second kappa shape index (κ2) is 7.61. The Balaban J connectivity index is 1.44. The Morgan fingerprint density at radius 2 is 2.48 bits per heavy atom. The molecule has 2 atom stereocenters. The Hall–Kier alpha value is -1.86. The van der Waals surface area contributed by atoms with Crippen LogP contribution in [0.3, 0.4) is 0 Å². The average molecular weight is 334 g/mol. The summed E-state index contributed by atoms with van der Waals surface area (Å²) in [6.45, 7) is 1.30. The van der Waals surface area contributed by atoms with Crippen LogP contribution in [0.4, 0.5) is 4.79 Å². The molecule has 1 saturated heterocycles. The van der Waals surface area contributed by atoms with Crippen LogP contribution in [-0.2, 0) is 18.2 Å². The van der Waals surface area contributed by atoms with E-state index in [-0.39, 0.29) is 18.2 Å². The van der Waals surface area contributed by atoms with Gasteiger partial charge >= 0.3 is 6.03 Å². The van der Waals surface area contributed by atoms with Crippen molar-refractivity contribution in [1.29, 1.82) is 0 Å². The molecule has 0 unspecified atom stereocenters. The van der Waals surface area contributed by atoms with E-state index in [0.29, 0.717) is 13.2 Å². The number of aryl methyl sites for hydroxylation is 1. The molecule has 0 radical (unpaired) electrons. The number of imidazole rings is 1. The van der Waals surface area contributed by atoms with Crippen LogP contribution in [-0.4, -0.2) is 34.8 Å². The number of aromatic nitrogens is 2. The summed E-state index contributed by atoms with van der Waals surface area (Å²) in [5.41, 5.74) is 2.31. The monoisotopic (exact) mass is 334 g/mol. The van der Waals surface area contributed by atoms with Gasteiger partial charge in [0.15, 0.2) is 0 Å². The number of amides is 2. The summed E-state index contributed by atoms with van der Waals surface area (Å²) in [6, 6.07) is 2.11. The number of nitrogens with one attached hydrogen (secondary N) is 2. The minimum absolute atomic E-state index is 0.00708. The minimum atomic E-state index is -0.101. The predicted molar refractivity (Wildman–Crippen MR) is 89.5 cm³/mol. The van der Waals surface area contributed by atoms with Crippen LogP contribution in [0.2, 0.25) is 0 Å². The van der Waals surface area contributed by atoms with Crippen molar-refractivity contribution in [2.45, 2.75) is 31.4 Å². The highest BCUT2D eigenvalue weighted by atomic mass is 32.1. The number of ether oxygens (including phenoxy) is 1. The Morgan fingerprint density at radius 1 is 1.57 bits per heavy atom. The second-order valence-electron chi connectivity index (χ2n) is 5.79. The first kappa shape index (κ1) is 16.0. The van der Waals surface area contributed by atoms with Crippen molar-refractivity contribution in [3.8, 4) is 0 Å². The number of thiophene rings is 1. The molecule has 1 aliphatic rings. The van der Waals surface area contributed by atoms with Crippen LogP contribution in [0.5, 0.6) is 0 Å². The lowest BCUT2D eigenvalue weighted by molar-refractivity contribution is -0.00176. The highest BCUT2D eigenvalue weighted by Crippen LogP contribution is 2.27. The van der Waals surface area contributed by atoms with Gasteiger partial charge in [-0.25, -0.2) is 9.78 Å². The van der Waals surface area contributed by atoms with Gasteiger partial charge in [-0.3, -0.25) is 0 Å². The molecule has 23 heavy (non-hydrogen) atoms. The van der Waals surface area contributed by atoms with E-state index in [4.69, 9.17) is 4.74 Å². The zero-order valence-electron chi connectivity index (χ0n) is 13.2. The molecule has 0 spiro atoms. The number of hydrogen-bond donors (Lipinski definition) is 2. The van der Waals surface area contributed by atoms with Crippen LogP contribution in [0, 0.1) is 0 Å². The molecule has 0 bridgehead atoms. The number of rotatable bonds is 5. The van der Waals surface area contributed by atoms with Gasteiger partial charge in [0.05, 0.1) is 18.2 Å². The third-order valence-corrected chi connectivity index (χ3v) is 4.81. The second-order valence-corrected chi connectivity index (χ2v) is 6.57. The summed E-state index contributed by atoms with van der Waals surface area (Å²) in [7, 11) is 1.96. The molecule has 1 fully saturated rings. The molecule has 0 aliphatic carbocycles. The number of carbonyl (C=O) groups is 1. The Labute approximate surface area is 139 Å². The maximum absolute atomic E-state index is 12.0. The molecule has 2 N–H and O–H groups in total. The SMILES string of the molecule is Cn1cncc1[C@@H]1C[C@@H](NC(=O)NCCc2ccsc2)CCO1. The van der Waals surface area contributed by atoms with Crippen LogP contribution in [0.1, 0.15) is 30.2 Å². The summed E-state index contributed by atoms with van der Waals surface area (Å²) in [5.74, 6) is 0. The molecule has 7 heteroatoms. The molecule has 3 heterocycles. The molecule has 6 nitrogen and oxygen atoms in total. The third kappa shape index (κ3) is 4.33. The fraction of sp³-hybridized carbons (Fsp3) is 0.500. The van der Waals surface area contributed by atoms with Crippen LogP contribution < -0.4 is 10.6 Å². The van der Waals surface area contributed by atoms with Gasteiger partial charge in [-0.2, -0.15) is 11.3 Å². The molecule has 2 amide bonds. The van der Waals surface area contributed by atoms with Crippen molar-refractivity contribution in [2.75, 3.05) is 13.2 Å². The van der Waals surface area contributed by atoms with Crippen LogP contribution in [0.25, 0.3) is 0 Å². The first-order valence-electron chi connectivity index (χ1n) is 7.85. The summed E-state index contributed by atoms with van der Waals surface area (Å²) in [4.78, 5) is 16.2. The van der Waals surface area contributed by atoms with E-state index in [0.717, 1.165) is 25.0 Å². The Kier molecular flexibility index (Phi) is 5.30. The van der Waals surface area contributed by atoms with Gasteiger partial charge < -0.3 is 19.9 Å². The van der Waals surface area contributed by atoms with Crippen molar-refractivity contribution in [1.82, 2.24) is 20.2 Å². The van der Waals surface area contributed by atoms with Crippen LogP contribution in [0.15, 0.2) is 29.4 Å². The fourth-order valence-corrected chi connectivity index (χ4v) is 3.51. The van der Waals surface area contributed by atoms with Gasteiger partial charge in [-0.1, -0.05) is 0 Å². The van der Waals surface area contributed by atoms with Gasteiger partial charge in [-0.15, -0.1) is 0 Å². The number of carbonyl (C=O) groups excluding carboxylic acids is 1. The lowest BCUT2D eigenvalue weighted by Crippen LogP contribution is -2.45. The number of nitrogens with zero attached hydrogens (tertiary/aromatic N) is 2. The quantitative estimate of drug-likeness (QED) is 0.881. The number of urea groups is 1. The maximum atomic E-state index is 12.0. The third-order valence-electron chi connectivity index (χ3n) is 4.08. The van der Waals surface area contributed by atoms with Gasteiger partial charge in [-0.05, 0) is 41.7 Å². The van der Waals surface area contributed by atoms with Gasteiger partial charge in [0.1, 0.15) is 6.10 Å². The summed E-state index contributed by atoms with van der Waals surface area (Å²) < 4.78 is 7.78. The summed E-state index contributed by atoms with van der Waals surface area (Å²) in [5, 5.41) is 10.1. The molecular formula is C16H22N4O2S. The topological polar surface area (TPSA) is 68.2 Å². The van der Waals surface area contributed by atoms with Crippen molar-refractivity contribution in [3.05, 3.63) is 40.6 Å². The van der Waals surface area contributed by atoms with E-state index in [1.54, 1.807) is 17.7 Å². The molecule has 124 valence electrons.